The van der Waals surface area contributed by atoms with Crippen molar-refractivity contribution in [1.29, 1.82) is 0 Å². The van der Waals surface area contributed by atoms with Gasteiger partial charge in [-0.15, -0.1) is 11.3 Å². The molecule has 0 spiro atoms. The number of rotatable bonds is 6. The van der Waals surface area contributed by atoms with Gasteiger partial charge in [0.2, 0.25) is 0 Å². The van der Waals surface area contributed by atoms with Gasteiger partial charge in [-0.1, -0.05) is 13.8 Å². The summed E-state index contributed by atoms with van der Waals surface area (Å²) in [7, 11) is 0. The zero-order valence-corrected chi connectivity index (χ0v) is 14.6. The Balaban J connectivity index is 1.51. The van der Waals surface area contributed by atoms with Crippen LogP contribution in [0.25, 0.3) is 10.2 Å². The third kappa shape index (κ3) is 4.11. The van der Waals surface area contributed by atoms with Crippen LogP contribution in [-0.2, 0) is 6.54 Å². The highest BCUT2D eigenvalue weighted by Crippen LogP contribution is 2.29. The van der Waals surface area contributed by atoms with E-state index in [1.54, 1.807) is 23.9 Å². The van der Waals surface area contributed by atoms with Gasteiger partial charge >= 0.3 is 6.03 Å². The molecule has 2 N–H and O–H groups in total. The molecule has 0 aliphatic carbocycles. The number of carbonyl (C=O) groups is 1. The number of thiazole rings is 1. The van der Waals surface area contributed by atoms with Gasteiger partial charge in [-0.05, 0) is 24.6 Å². The number of nitrogens with one attached hydrogen (secondary N) is 2. The minimum atomic E-state index is -0.187. The Labute approximate surface area is 144 Å². The van der Waals surface area contributed by atoms with Crippen molar-refractivity contribution in [1.82, 2.24) is 19.9 Å². The predicted molar refractivity (Wildman–Crippen MR) is 97.6 cm³/mol. The van der Waals surface area contributed by atoms with Gasteiger partial charge in [0.25, 0.3) is 0 Å². The Morgan fingerprint density at radius 2 is 2.25 bits per heavy atom. The zero-order chi connectivity index (χ0) is 16.9. The topological polar surface area (TPSA) is 71.8 Å². The van der Waals surface area contributed by atoms with Crippen molar-refractivity contribution in [3.05, 3.63) is 41.9 Å². The van der Waals surface area contributed by atoms with Crippen LogP contribution in [0.4, 0.5) is 10.5 Å². The largest absolute Gasteiger partial charge is 0.338 e. The molecule has 3 rings (SSSR count). The SMILES string of the molecule is CC(C)c1nc2ccc(NC(=O)NCCCn3ccnc3)cc2s1. The molecule has 1 aromatic carbocycles. The van der Waals surface area contributed by atoms with Crippen LogP contribution in [0.3, 0.4) is 0 Å². The Morgan fingerprint density at radius 3 is 3.00 bits per heavy atom. The van der Waals surface area contributed by atoms with Crippen LogP contribution in [-0.4, -0.2) is 27.1 Å². The molecule has 0 atom stereocenters. The van der Waals surface area contributed by atoms with Gasteiger partial charge in [-0.2, -0.15) is 0 Å². The van der Waals surface area contributed by atoms with E-state index in [1.165, 1.54) is 0 Å². The summed E-state index contributed by atoms with van der Waals surface area (Å²) in [5.41, 5.74) is 1.77. The van der Waals surface area contributed by atoms with Gasteiger partial charge in [-0.25, -0.2) is 14.8 Å². The molecule has 0 aliphatic heterocycles. The fraction of sp³-hybridized carbons (Fsp3) is 0.353. The molecule has 0 fully saturated rings. The normalized spacial score (nSPS) is 11.1. The summed E-state index contributed by atoms with van der Waals surface area (Å²) in [4.78, 5) is 20.6. The fourth-order valence-corrected chi connectivity index (χ4v) is 3.33. The molecule has 7 heteroatoms. The number of fused-ring (bicyclic) bond motifs is 1. The molecule has 3 aromatic rings. The second-order valence-electron chi connectivity index (χ2n) is 5.92. The van der Waals surface area contributed by atoms with Crippen LogP contribution in [0.1, 0.15) is 31.2 Å². The lowest BCUT2D eigenvalue weighted by Gasteiger charge is -2.08. The Kier molecular flexibility index (Phi) is 5.10. The average Bonchev–Trinajstić information content (AvgIpc) is 3.20. The van der Waals surface area contributed by atoms with E-state index in [0.717, 1.165) is 33.9 Å². The second-order valence-corrected chi connectivity index (χ2v) is 6.99. The van der Waals surface area contributed by atoms with E-state index in [4.69, 9.17) is 0 Å². The highest BCUT2D eigenvalue weighted by atomic mass is 32.1. The van der Waals surface area contributed by atoms with Crippen LogP contribution in [0, 0.1) is 0 Å². The van der Waals surface area contributed by atoms with Crippen molar-refractivity contribution in [3.63, 3.8) is 0 Å². The summed E-state index contributed by atoms with van der Waals surface area (Å²) in [6.45, 7) is 5.72. The number of urea groups is 1. The van der Waals surface area contributed by atoms with E-state index in [0.29, 0.717) is 12.5 Å². The van der Waals surface area contributed by atoms with Crippen molar-refractivity contribution in [2.75, 3.05) is 11.9 Å². The second kappa shape index (κ2) is 7.44. The first kappa shape index (κ1) is 16.4. The third-order valence-corrected chi connectivity index (χ3v) is 4.91. The molecule has 2 amide bonds. The summed E-state index contributed by atoms with van der Waals surface area (Å²) in [5, 5.41) is 6.86. The van der Waals surface area contributed by atoms with Crippen molar-refractivity contribution in [2.45, 2.75) is 32.7 Å². The first-order valence-electron chi connectivity index (χ1n) is 8.03. The Morgan fingerprint density at radius 1 is 1.38 bits per heavy atom. The molecule has 24 heavy (non-hydrogen) atoms. The minimum Gasteiger partial charge on any atom is -0.338 e. The number of aromatic nitrogens is 3. The van der Waals surface area contributed by atoms with Crippen LogP contribution in [0.5, 0.6) is 0 Å². The molecule has 0 bridgehead atoms. The number of hydrogen-bond donors (Lipinski definition) is 2. The Hall–Kier alpha value is -2.41. The number of imidazole rings is 1. The van der Waals surface area contributed by atoms with Crippen LogP contribution >= 0.6 is 11.3 Å². The molecular weight excluding hydrogens is 322 g/mol. The maximum absolute atomic E-state index is 12.0. The summed E-state index contributed by atoms with van der Waals surface area (Å²) in [6, 6.07) is 5.63. The number of amides is 2. The maximum Gasteiger partial charge on any atom is 0.319 e. The van der Waals surface area contributed by atoms with Gasteiger partial charge < -0.3 is 15.2 Å². The standard InChI is InChI=1S/C17H21N5OS/c1-12(2)16-21-14-5-4-13(10-15(14)24-16)20-17(23)19-6-3-8-22-9-7-18-11-22/h4-5,7,9-12H,3,6,8H2,1-2H3,(H2,19,20,23). The molecule has 0 saturated heterocycles. The van der Waals surface area contributed by atoms with Crippen molar-refractivity contribution >= 4 is 33.3 Å². The van der Waals surface area contributed by atoms with Crippen LogP contribution in [0.2, 0.25) is 0 Å². The highest BCUT2D eigenvalue weighted by molar-refractivity contribution is 7.18. The number of carbonyl (C=O) groups excluding carboxylic acids is 1. The van der Waals surface area contributed by atoms with Gasteiger partial charge in [0.15, 0.2) is 0 Å². The zero-order valence-electron chi connectivity index (χ0n) is 13.8. The molecule has 0 aliphatic rings. The molecular formula is C17H21N5OS. The molecule has 0 unspecified atom stereocenters. The van der Waals surface area contributed by atoms with E-state index >= 15 is 0 Å². The fourth-order valence-electron chi connectivity index (χ4n) is 2.32. The minimum absolute atomic E-state index is 0.187. The predicted octanol–water partition coefficient (Wildman–Crippen LogP) is 3.83. The summed E-state index contributed by atoms with van der Waals surface area (Å²) in [5.74, 6) is 0.414. The van der Waals surface area contributed by atoms with Crippen LogP contribution in [0.15, 0.2) is 36.9 Å². The third-order valence-electron chi connectivity index (χ3n) is 3.59. The average molecular weight is 343 g/mol. The van der Waals surface area contributed by atoms with Crippen molar-refractivity contribution < 1.29 is 4.79 Å². The van der Waals surface area contributed by atoms with Crippen LogP contribution < -0.4 is 10.6 Å². The van der Waals surface area contributed by atoms with Crippen molar-refractivity contribution in [3.8, 4) is 0 Å². The van der Waals surface area contributed by atoms with Gasteiger partial charge in [0, 0.05) is 37.1 Å². The first-order valence-corrected chi connectivity index (χ1v) is 8.84. The quantitative estimate of drug-likeness (QED) is 0.668. The molecule has 2 heterocycles. The Bertz CT molecular complexity index is 810. The van der Waals surface area contributed by atoms with Gasteiger partial charge in [-0.3, -0.25) is 0 Å². The molecule has 0 radical (unpaired) electrons. The van der Waals surface area contributed by atoms with Crippen molar-refractivity contribution in [2.24, 2.45) is 0 Å². The summed E-state index contributed by atoms with van der Waals surface area (Å²) in [6.07, 6.45) is 6.29. The number of nitrogens with zero attached hydrogens (tertiary/aromatic N) is 3. The first-order chi connectivity index (χ1) is 11.6. The lowest BCUT2D eigenvalue weighted by molar-refractivity contribution is 0.252. The van der Waals surface area contributed by atoms with Gasteiger partial charge in [0.05, 0.1) is 21.6 Å². The summed E-state index contributed by atoms with van der Waals surface area (Å²) >= 11 is 1.68. The van der Waals surface area contributed by atoms with E-state index in [-0.39, 0.29) is 6.03 Å². The number of hydrogen-bond acceptors (Lipinski definition) is 4. The molecule has 6 nitrogen and oxygen atoms in total. The number of aryl methyl sites for hydroxylation is 1. The smallest absolute Gasteiger partial charge is 0.319 e. The summed E-state index contributed by atoms with van der Waals surface area (Å²) < 4.78 is 3.08. The highest BCUT2D eigenvalue weighted by Gasteiger charge is 2.09. The van der Waals surface area contributed by atoms with E-state index in [1.807, 2.05) is 29.0 Å². The monoisotopic (exact) mass is 343 g/mol. The lowest BCUT2D eigenvalue weighted by Crippen LogP contribution is -2.29. The van der Waals surface area contributed by atoms with Gasteiger partial charge in [0.1, 0.15) is 0 Å². The maximum atomic E-state index is 12.0. The number of anilines is 1. The van der Waals surface area contributed by atoms with E-state index < -0.39 is 0 Å². The molecule has 0 saturated carbocycles. The molecule has 126 valence electrons. The van der Waals surface area contributed by atoms with E-state index in [2.05, 4.69) is 34.4 Å². The lowest BCUT2D eigenvalue weighted by atomic mass is 10.2. The van der Waals surface area contributed by atoms with E-state index in [9.17, 15) is 4.79 Å². The number of benzene rings is 1. The molecule has 2 aromatic heterocycles.